The summed E-state index contributed by atoms with van der Waals surface area (Å²) >= 11 is 0. The van der Waals surface area contributed by atoms with Crippen LogP contribution >= 0.6 is 0 Å². The molecule has 0 aromatic heterocycles. The minimum absolute atomic E-state index is 0.0112. The summed E-state index contributed by atoms with van der Waals surface area (Å²) in [5, 5.41) is 2.60. The Bertz CT molecular complexity index is 526. The van der Waals surface area contributed by atoms with Crippen molar-refractivity contribution in [1.29, 1.82) is 0 Å². The lowest BCUT2D eigenvalue weighted by atomic mass is 10.1. The molecule has 1 rings (SSSR count). The molecule has 106 valence electrons. The van der Waals surface area contributed by atoms with Crippen LogP contribution in [-0.4, -0.2) is 32.4 Å². The van der Waals surface area contributed by atoms with Gasteiger partial charge in [0.2, 0.25) is 5.91 Å². The number of aryl methyl sites for hydroxylation is 1. The molecule has 6 heteroatoms. The average molecular weight is 284 g/mol. The van der Waals surface area contributed by atoms with Crippen molar-refractivity contribution in [2.45, 2.75) is 19.8 Å². The van der Waals surface area contributed by atoms with E-state index in [1.165, 1.54) is 0 Å². The van der Waals surface area contributed by atoms with Gasteiger partial charge in [-0.3, -0.25) is 4.79 Å². The first-order valence-corrected chi connectivity index (χ1v) is 8.07. The summed E-state index contributed by atoms with van der Waals surface area (Å²) in [5.41, 5.74) is 7.37. The quantitative estimate of drug-likeness (QED) is 0.723. The third-order valence-electron chi connectivity index (χ3n) is 2.85. The van der Waals surface area contributed by atoms with Crippen LogP contribution in [0.15, 0.2) is 24.3 Å². The van der Waals surface area contributed by atoms with E-state index >= 15 is 0 Å². The number of rotatable bonds is 7. The van der Waals surface area contributed by atoms with Gasteiger partial charge >= 0.3 is 0 Å². The lowest BCUT2D eigenvalue weighted by molar-refractivity contribution is -0.120. The van der Waals surface area contributed by atoms with Crippen LogP contribution in [0.3, 0.4) is 0 Å². The SMILES string of the molecule is CCS(=O)(=O)CCNC(=O)CCc1ccccc1N. The third-order valence-corrected chi connectivity index (χ3v) is 4.56. The molecule has 0 heterocycles. The van der Waals surface area contributed by atoms with Crippen LogP contribution in [-0.2, 0) is 21.1 Å². The molecule has 0 saturated heterocycles. The summed E-state index contributed by atoms with van der Waals surface area (Å²) in [6.07, 6.45) is 0.861. The molecule has 3 N–H and O–H groups in total. The molecular formula is C13H20N2O3S. The van der Waals surface area contributed by atoms with Crippen LogP contribution in [0.25, 0.3) is 0 Å². The molecule has 5 nitrogen and oxygen atoms in total. The van der Waals surface area contributed by atoms with Gasteiger partial charge in [0, 0.05) is 24.4 Å². The van der Waals surface area contributed by atoms with Crippen LogP contribution in [0, 0.1) is 0 Å². The topological polar surface area (TPSA) is 89.3 Å². The minimum atomic E-state index is -3.02. The summed E-state index contributed by atoms with van der Waals surface area (Å²) in [4.78, 5) is 11.6. The Kier molecular flexibility index (Phi) is 5.82. The standard InChI is InChI=1S/C13H20N2O3S/c1-2-19(17,18)10-9-15-13(16)8-7-11-5-3-4-6-12(11)14/h3-6H,2,7-10,14H2,1H3,(H,15,16). The zero-order chi connectivity index (χ0) is 14.3. The van der Waals surface area contributed by atoms with Crippen molar-refractivity contribution in [2.75, 3.05) is 23.8 Å². The molecule has 0 unspecified atom stereocenters. The predicted octanol–water partition coefficient (Wildman–Crippen LogP) is 0.752. The van der Waals surface area contributed by atoms with Gasteiger partial charge in [0.15, 0.2) is 9.84 Å². The van der Waals surface area contributed by atoms with Crippen LogP contribution in [0.1, 0.15) is 18.9 Å². The zero-order valence-corrected chi connectivity index (χ0v) is 11.9. The number of nitrogens with two attached hydrogens (primary N) is 1. The number of carbonyl (C=O) groups is 1. The van der Waals surface area contributed by atoms with Gasteiger partial charge in [-0.1, -0.05) is 25.1 Å². The zero-order valence-electron chi connectivity index (χ0n) is 11.1. The van der Waals surface area contributed by atoms with Crippen molar-refractivity contribution in [2.24, 2.45) is 0 Å². The molecule has 0 aliphatic heterocycles. The van der Waals surface area contributed by atoms with E-state index in [9.17, 15) is 13.2 Å². The highest BCUT2D eigenvalue weighted by molar-refractivity contribution is 7.91. The molecule has 19 heavy (non-hydrogen) atoms. The first-order chi connectivity index (χ1) is 8.94. The first-order valence-electron chi connectivity index (χ1n) is 6.25. The van der Waals surface area contributed by atoms with Crippen LogP contribution in [0.4, 0.5) is 5.69 Å². The number of anilines is 1. The number of benzene rings is 1. The number of nitrogens with one attached hydrogen (secondary N) is 1. The monoisotopic (exact) mass is 284 g/mol. The normalized spacial score (nSPS) is 11.2. The number of amides is 1. The second kappa shape index (κ2) is 7.13. The number of sulfone groups is 1. The van der Waals surface area contributed by atoms with Crippen LogP contribution in [0.2, 0.25) is 0 Å². The Labute approximate surface area is 114 Å². The highest BCUT2D eigenvalue weighted by Crippen LogP contribution is 2.12. The summed E-state index contributed by atoms with van der Waals surface area (Å²) in [6.45, 7) is 1.76. The number of nitrogen functional groups attached to an aromatic ring is 1. The number of carbonyl (C=O) groups excluding carboxylic acids is 1. The molecule has 1 aromatic rings. The second-order valence-corrected chi connectivity index (χ2v) is 6.76. The van der Waals surface area contributed by atoms with E-state index in [0.29, 0.717) is 18.5 Å². The lowest BCUT2D eigenvalue weighted by Gasteiger charge is -2.07. The van der Waals surface area contributed by atoms with Gasteiger partial charge in [0.05, 0.1) is 5.75 Å². The summed E-state index contributed by atoms with van der Waals surface area (Å²) in [7, 11) is -3.02. The maximum atomic E-state index is 11.6. The molecule has 0 saturated carbocycles. The molecule has 0 bridgehead atoms. The predicted molar refractivity (Wildman–Crippen MR) is 76.5 cm³/mol. The Morgan fingerprint density at radius 2 is 2.00 bits per heavy atom. The number of para-hydroxylation sites is 1. The van der Waals surface area contributed by atoms with Gasteiger partial charge in [-0.15, -0.1) is 0 Å². The Morgan fingerprint density at radius 1 is 1.32 bits per heavy atom. The molecule has 0 spiro atoms. The van der Waals surface area contributed by atoms with Gasteiger partial charge in [-0.05, 0) is 18.1 Å². The molecular weight excluding hydrogens is 264 g/mol. The molecule has 0 radical (unpaired) electrons. The van der Waals surface area contributed by atoms with Crippen molar-refractivity contribution < 1.29 is 13.2 Å². The highest BCUT2D eigenvalue weighted by Gasteiger charge is 2.08. The number of hydrogen-bond donors (Lipinski definition) is 2. The summed E-state index contributed by atoms with van der Waals surface area (Å²) < 4.78 is 22.5. The summed E-state index contributed by atoms with van der Waals surface area (Å²) in [5.74, 6) is -0.0684. The van der Waals surface area contributed by atoms with E-state index in [0.717, 1.165) is 5.56 Å². The van der Waals surface area contributed by atoms with Crippen molar-refractivity contribution in [3.8, 4) is 0 Å². The Hall–Kier alpha value is -1.56. The lowest BCUT2D eigenvalue weighted by Crippen LogP contribution is -2.29. The molecule has 1 amide bonds. The number of hydrogen-bond acceptors (Lipinski definition) is 4. The van der Waals surface area contributed by atoms with Gasteiger partial charge in [0.25, 0.3) is 0 Å². The van der Waals surface area contributed by atoms with Gasteiger partial charge < -0.3 is 11.1 Å². The maximum Gasteiger partial charge on any atom is 0.220 e. The largest absolute Gasteiger partial charge is 0.399 e. The van der Waals surface area contributed by atoms with Crippen LogP contribution < -0.4 is 11.1 Å². The smallest absolute Gasteiger partial charge is 0.220 e. The van der Waals surface area contributed by atoms with Crippen molar-refractivity contribution >= 4 is 21.4 Å². The molecule has 1 aromatic carbocycles. The molecule has 0 aliphatic carbocycles. The Balaban J connectivity index is 2.31. The maximum absolute atomic E-state index is 11.6. The van der Waals surface area contributed by atoms with E-state index in [2.05, 4.69) is 5.32 Å². The van der Waals surface area contributed by atoms with Gasteiger partial charge in [-0.2, -0.15) is 0 Å². The molecule has 0 fully saturated rings. The third kappa shape index (κ3) is 5.74. The molecule has 0 aliphatic rings. The van der Waals surface area contributed by atoms with E-state index in [1.54, 1.807) is 13.0 Å². The average Bonchev–Trinajstić information content (AvgIpc) is 2.37. The van der Waals surface area contributed by atoms with Gasteiger partial charge in [0.1, 0.15) is 0 Å². The second-order valence-electron chi connectivity index (χ2n) is 4.29. The summed E-state index contributed by atoms with van der Waals surface area (Å²) in [6, 6.07) is 7.39. The van der Waals surface area contributed by atoms with E-state index in [-0.39, 0.29) is 24.0 Å². The molecule has 0 atom stereocenters. The fourth-order valence-corrected chi connectivity index (χ4v) is 2.29. The minimum Gasteiger partial charge on any atom is -0.399 e. The Morgan fingerprint density at radius 3 is 2.63 bits per heavy atom. The van der Waals surface area contributed by atoms with Crippen molar-refractivity contribution in [3.05, 3.63) is 29.8 Å². The van der Waals surface area contributed by atoms with E-state index < -0.39 is 9.84 Å². The van der Waals surface area contributed by atoms with Gasteiger partial charge in [-0.25, -0.2) is 8.42 Å². The fourth-order valence-electron chi connectivity index (χ4n) is 1.59. The fraction of sp³-hybridized carbons (Fsp3) is 0.462. The highest BCUT2D eigenvalue weighted by atomic mass is 32.2. The first kappa shape index (κ1) is 15.5. The van der Waals surface area contributed by atoms with Crippen molar-refractivity contribution in [3.63, 3.8) is 0 Å². The van der Waals surface area contributed by atoms with Crippen LogP contribution in [0.5, 0.6) is 0 Å². The van der Waals surface area contributed by atoms with E-state index in [4.69, 9.17) is 5.73 Å². The van der Waals surface area contributed by atoms with E-state index in [1.807, 2.05) is 18.2 Å². The van der Waals surface area contributed by atoms with Crippen molar-refractivity contribution in [1.82, 2.24) is 5.32 Å².